The van der Waals surface area contributed by atoms with E-state index in [9.17, 15) is 7.77 Å². The van der Waals surface area contributed by atoms with Gasteiger partial charge in [-0.15, -0.1) is 0 Å². The molecule has 40 valence electrons. The lowest BCUT2D eigenvalue weighted by molar-refractivity contribution is 0.602. The van der Waals surface area contributed by atoms with Crippen LogP contribution in [0.25, 0.3) is 0 Å². The summed E-state index contributed by atoms with van der Waals surface area (Å²) in [4.78, 5) is 0. The fourth-order valence-corrected chi connectivity index (χ4v) is 0. The number of hydrogen-bond acceptors (Lipinski definition) is 2. The fraction of sp³-hybridized carbons (Fsp3) is 1.00. The van der Waals surface area contributed by atoms with E-state index in [1.165, 1.54) is 7.05 Å². The van der Waals surface area contributed by atoms with Crippen molar-refractivity contribution in [3.8, 4) is 0 Å². The molecule has 0 aliphatic carbocycles. The van der Waals surface area contributed by atoms with Crippen LogP contribution in [0.15, 0.2) is 0 Å². The topological polar surface area (TPSA) is 43.1 Å². The van der Waals surface area contributed by atoms with E-state index in [1.807, 2.05) is 0 Å². The lowest BCUT2D eigenvalue weighted by atomic mass is 11.6. The average Bonchev–Trinajstić information content (AvgIpc) is 1.41. The number of rotatable bonds is 0. The molecule has 0 heterocycles. The van der Waals surface area contributed by atoms with Gasteiger partial charge in [-0.05, 0) is 7.05 Å². The summed E-state index contributed by atoms with van der Waals surface area (Å²) in [6.07, 6.45) is 0. The van der Waals surface area contributed by atoms with Crippen LogP contribution >= 0.6 is 0 Å². The van der Waals surface area contributed by atoms with Gasteiger partial charge in [-0.1, -0.05) is 7.77 Å². The van der Waals surface area contributed by atoms with Gasteiger partial charge in [-0.25, -0.2) is 0 Å². The van der Waals surface area contributed by atoms with E-state index < -0.39 is 11.6 Å². The minimum Gasteiger partial charge on any atom is -0.333 e. The van der Waals surface area contributed by atoms with Crippen molar-refractivity contribution in [2.75, 3.05) is 7.05 Å². The smallest absolute Gasteiger partial charge is 0.333 e. The van der Waals surface area contributed by atoms with Crippen molar-refractivity contribution in [1.29, 1.82) is 0 Å². The van der Waals surface area contributed by atoms with E-state index in [4.69, 9.17) is 4.21 Å². The highest BCUT2D eigenvalue weighted by molar-refractivity contribution is 7.74. The molecule has 2 N–H and O–H groups in total. The van der Waals surface area contributed by atoms with Gasteiger partial charge in [0.2, 0.25) is 0 Å². The molecule has 0 saturated carbocycles. The minimum absolute atomic E-state index is 1.50. The molecule has 0 saturated heterocycles. The van der Waals surface area contributed by atoms with Crippen molar-refractivity contribution in [3.63, 3.8) is 0 Å². The molecule has 0 aromatic rings. The Balaban J connectivity index is 0. The van der Waals surface area contributed by atoms with Gasteiger partial charge >= 0.3 is 11.6 Å². The maximum absolute atomic E-state index is 9.81. The van der Waals surface area contributed by atoms with E-state index in [0.717, 1.165) is 0 Å². The van der Waals surface area contributed by atoms with Gasteiger partial charge in [0.1, 0.15) is 0 Å². The first-order chi connectivity index (χ1) is 2.73. The van der Waals surface area contributed by atoms with Gasteiger partial charge in [-0.3, -0.25) is 0 Å². The van der Waals surface area contributed by atoms with Crippen molar-refractivity contribution in [2.45, 2.75) is 0 Å². The van der Waals surface area contributed by atoms with Crippen molar-refractivity contribution in [3.05, 3.63) is 0 Å². The van der Waals surface area contributed by atoms with Crippen LogP contribution in [0.1, 0.15) is 0 Å². The molecule has 0 aliphatic rings. The van der Waals surface area contributed by atoms with Crippen molar-refractivity contribution >= 4 is 11.6 Å². The highest BCUT2D eigenvalue weighted by Gasteiger charge is 1.74. The summed E-state index contributed by atoms with van der Waals surface area (Å²) < 4.78 is 27.8. The van der Waals surface area contributed by atoms with E-state index in [2.05, 4.69) is 5.73 Å². The van der Waals surface area contributed by atoms with Crippen LogP contribution in [0, 0.1) is 0 Å². The molecular formula is CH5F2NOS. The summed E-state index contributed by atoms with van der Waals surface area (Å²) in [5.74, 6) is 0. The Morgan fingerprint density at radius 3 is 1.50 bits per heavy atom. The number of nitrogens with two attached hydrogens (primary N) is 1. The molecule has 6 heavy (non-hydrogen) atoms. The largest absolute Gasteiger partial charge is 0.385 e. The van der Waals surface area contributed by atoms with Gasteiger partial charge in [0.15, 0.2) is 0 Å². The Labute approximate surface area is 37.4 Å². The van der Waals surface area contributed by atoms with Gasteiger partial charge in [0.05, 0.1) is 0 Å². The van der Waals surface area contributed by atoms with E-state index in [-0.39, 0.29) is 0 Å². The third-order valence-corrected chi connectivity index (χ3v) is 0. The first-order valence-electron chi connectivity index (χ1n) is 1.05. The maximum Gasteiger partial charge on any atom is 0.385 e. The minimum atomic E-state index is -3.61. The van der Waals surface area contributed by atoms with Crippen molar-refractivity contribution < 1.29 is 12.0 Å². The molecular weight excluding hydrogens is 112 g/mol. The van der Waals surface area contributed by atoms with Crippen LogP contribution < -0.4 is 5.73 Å². The van der Waals surface area contributed by atoms with E-state index in [1.54, 1.807) is 0 Å². The van der Waals surface area contributed by atoms with Gasteiger partial charge < -0.3 is 5.73 Å². The second kappa shape index (κ2) is 8.88. The quantitative estimate of drug-likeness (QED) is 0.456. The summed E-state index contributed by atoms with van der Waals surface area (Å²) in [7, 11) is 1.50. The zero-order chi connectivity index (χ0) is 5.58. The molecule has 0 aromatic carbocycles. The molecule has 0 amide bonds. The second-order valence-corrected chi connectivity index (χ2v) is 0.553. The molecule has 0 spiro atoms. The van der Waals surface area contributed by atoms with Crippen molar-refractivity contribution in [2.24, 2.45) is 5.73 Å². The molecule has 0 bridgehead atoms. The average molecular weight is 117 g/mol. The lowest BCUT2D eigenvalue weighted by Gasteiger charge is -1.47. The Morgan fingerprint density at radius 1 is 1.50 bits per heavy atom. The molecule has 0 atom stereocenters. The predicted molar refractivity (Wildman–Crippen MR) is 20.5 cm³/mol. The Kier molecular flexibility index (Phi) is 13.8. The van der Waals surface area contributed by atoms with Crippen LogP contribution in [0.5, 0.6) is 0 Å². The van der Waals surface area contributed by atoms with Gasteiger partial charge in [0.25, 0.3) is 0 Å². The number of halogens is 2. The van der Waals surface area contributed by atoms with Crippen LogP contribution in [0.2, 0.25) is 0 Å². The molecule has 0 aromatic heterocycles. The monoisotopic (exact) mass is 117 g/mol. The summed E-state index contributed by atoms with van der Waals surface area (Å²) in [6.45, 7) is 0. The summed E-state index contributed by atoms with van der Waals surface area (Å²) in [6, 6.07) is 0. The Bertz CT molecular complexity index is 36.5. The van der Waals surface area contributed by atoms with Crippen molar-refractivity contribution in [1.82, 2.24) is 0 Å². The molecule has 2 nitrogen and oxygen atoms in total. The lowest BCUT2D eigenvalue weighted by Crippen LogP contribution is -1.69. The SMILES string of the molecule is CN.O=S(F)F. The summed E-state index contributed by atoms with van der Waals surface area (Å²) in [5, 5.41) is 0. The fourth-order valence-electron chi connectivity index (χ4n) is 0. The van der Waals surface area contributed by atoms with Crippen LogP contribution in [0.4, 0.5) is 7.77 Å². The Morgan fingerprint density at radius 2 is 1.50 bits per heavy atom. The normalized spacial score (nSPS) is 6.83. The maximum atomic E-state index is 9.81. The third-order valence-electron chi connectivity index (χ3n) is 0. The highest BCUT2D eigenvalue weighted by atomic mass is 32.2. The van der Waals surface area contributed by atoms with Crippen LogP contribution in [-0.2, 0) is 11.6 Å². The Hall–Kier alpha value is -0.0300. The summed E-state index contributed by atoms with van der Waals surface area (Å²) in [5.41, 5.74) is 4.50. The standard InChI is InChI=1S/CH5N.F2OS/c1-2;1-4(2)3/h2H2,1H3;. The molecule has 5 heteroatoms. The molecule has 0 unspecified atom stereocenters. The predicted octanol–water partition coefficient (Wildman–Crippen LogP) is 0.0790. The zero-order valence-electron chi connectivity index (χ0n) is 3.15. The van der Waals surface area contributed by atoms with E-state index in [0.29, 0.717) is 0 Å². The first-order valence-corrected chi connectivity index (χ1v) is 2.00. The molecule has 0 fully saturated rings. The summed E-state index contributed by atoms with van der Waals surface area (Å²) >= 11 is -3.61. The molecule has 0 radical (unpaired) electrons. The zero-order valence-corrected chi connectivity index (χ0v) is 3.97. The third kappa shape index (κ3) is 38900. The van der Waals surface area contributed by atoms with Gasteiger partial charge in [0, 0.05) is 0 Å². The van der Waals surface area contributed by atoms with Gasteiger partial charge in [-0.2, -0.15) is 4.21 Å². The number of hydrogen-bond donors (Lipinski definition) is 1. The second-order valence-electron chi connectivity index (χ2n) is 0.184. The molecule has 0 rings (SSSR count). The van der Waals surface area contributed by atoms with E-state index >= 15 is 0 Å². The highest BCUT2D eigenvalue weighted by Crippen LogP contribution is 1.75. The van der Waals surface area contributed by atoms with Crippen LogP contribution in [-0.4, -0.2) is 11.3 Å². The van der Waals surface area contributed by atoms with Crippen LogP contribution in [0.3, 0.4) is 0 Å². The first kappa shape index (κ1) is 9.36. The molecule has 0 aliphatic heterocycles.